The smallest absolute Gasteiger partial charge is 0.273 e. The Morgan fingerprint density at radius 2 is 2.21 bits per heavy atom. The molecule has 1 rings (SSSR count). The first-order valence-electron chi connectivity index (χ1n) is 3.67. The van der Waals surface area contributed by atoms with Crippen LogP contribution in [-0.2, 0) is 5.33 Å². The summed E-state index contributed by atoms with van der Waals surface area (Å²) in [5.41, 5.74) is 0.815. The Morgan fingerprint density at radius 1 is 1.57 bits per heavy atom. The second-order valence-corrected chi connectivity index (χ2v) is 3.87. The number of methoxy groups -OCH3 is 1. The zero-order chi connectivity index (χ0) is 10.7. The zero-order valence-electron chi connectivity index (χ0n) is 7.29. The number of nitro groups is 1. The van der Waals surface area contributed by atoms with E-state index in [-0.39, 0.29) is 5.69 Å². The van der Waals surface area contributed by atoms with Crippen molar-refractivity contribution in [1.29, 1.82) is 0 Å². The van der Waals surface area contributed by atoms with Gasteiger partial charge in [-0.15, -0.1) is 0 Å². The van der Waals surface area contributed by atoms with Crippen molar-refractivity contribution in [2.24, 2.45) is 0 Å². The van der Waals surface area contributed by atoms with Crippen molar-refractivity contribution in [3.8, 4) is 5.75 Å². The summed E-state index contributed by atoms with van der Waals surface area (Å²) < 4.78 is 5.74. The number of benzene rings is 1. The maximum atomic E-state index is 10.6. The number of rotatable bonds is 3. The van der Waals surface area contributed by atoms with E-state index in [2.05, 4.69) is 31.9 Å². The minimum absolute atomic E-state index is 0.0273. The molecular formula is C8H7Br2NO3. The van der Waals surface area contributed by atoms with Gasteiger partial charge >= 0.3 is 0 Å². The van der Waals surface area contributed by atoms with E-state index in [0.717, 1.165) is 10.0 Å². The Bertz CT molecular complexity index is 343. The van der Waals surface area contributed by atoms with Gasteiger partial charge in [0.1, 0.15) is 5.75 Å². The summed E-state index contributed by atoms with van der Waals surface area (Å²) in [6.45, 7) is 0. The largest absolute Gasteiger partial charge is 0.495 e. The minimum atomic E-state index is -0.443. The first-order chi connectivity index (χ1) is 6.60. The molecule has 0 heterocycles. The lowest BCUT2D eigenvalue weighted by molar-refractivity contribution is -0.385. The highest BCUT2D eigenvalue weighted by molar-refractivity contribution is 9.11. The predicted octanol–water partition coefficient (Wildman–Crippen LogP) is 3.26. The number of ether oxygens (including phenoxy) is 1. The predicted molar refractivity (Wildman–Crippen MR) is 60.0 cm³/mol. The number of hydrogen-bond acceptors (Lipinski definition) is 3. The minimum Gasteiger partial charge on any atom is -0.495 e. The van der Waals surface area contributed by atoms with Gasteiger partial charge in [-0.3, -0.25) is 10.1 Å². The highest BCUT2D eigenvalue weighted by Gasteiger charge is 2.14. The van der Waals surface area contributed by atoms with Crippen LogP contribution in [-0.4, -0.2) is 12.0 Å². The lowest BCUT2D eigenvalue weighted by Gasteiger charge is -2.06. The summed E-state index contributed by atoms with van der Waals surface area (Å²) in [6, 6.07) is 2.89. The fourth-order valence-electron chi connectivity index (χ4n) is 0.991. The molecule has 0 aliphatic heterocycles. The number of nitrogens with zero attached hydrogens (tertiary/aromatic N) is 1. The first-order valence-corrected chi connectivity index (χ1v) is 5.58. The SMILES string of the molecule is COc1cc([N+](=O)[O-])cc(CBr)c1Br. The highest BCUT2D eigenvalue weighted by Crippen LogP contribution is 2.34. The van der Waals surface area contributed by atoms with Crippen LogP contribution in [0.25, 0.3) is 0 Å². The molecule has 0 unspecified atom stereocenters. The maximum absolute atomic E-state index is 10.6. The number of halogens is 2. The Hall–Kier alpha value is -0.620. The van der Waals surface area contributed by atoms with E-state index < -0.39 is 4.92 Å². The fourth-order valence-corrected chi connectivity index (χ4v) is 2.34. The number of alkyl halides is 1. The Kier molecular flexibility index (Phi) is 3.88. The number of non-ortho nitro benzene ring substituents is 1. The van der Waals surface area contributed by atoms with Crippen molar-refractivity contribution in [2.45, 2.75) is 5.33 Å². The van der Waals surface area contributed by atoms with Crippen molar-refractivity contribution in [2.75, 3.05) is 7.11 Å². The van der Waals surface area contributed by atoms with E-state index in [0.29, 0.717) is 11.1 Å². The average molecular weight is 325 g/mol. The summed E-state index contributed by atoms with van der Waals surface area (Å²) in [7, 11) is 1.47. The van der Waals surface area contributed by atoms with E-state index in [1.807, 2.05) is 0 Å². The van der Waals surface area contributed by atoms with Gasteiger partial charge < -0.3 is 4.74 Å². The topological polar surface area (TPSA) is 52.4 Å². The fraction of sp³-hybridized carbons (Fsp3) is 0.250. The third-order valence-electron chi connectivity index (χ3n) is 1.67. The van der Waals surface area contributed by atoms with Gasteiger partial charge in [0.2, 0.25) is 0 Å². The zero-order valence-corrected chi connectivity index (χ0v) is 10.5. The molecule has 0 saturated carbocycles. The molecule has 0 aliphatic carbocycles. The van der Waals surface area contributed by atoms with Gasteiger partial charge in [0.15, 0.2) is 0 Å². The summed E-state index contributed by atoms with van der Waals surface area (Å²) in [6.07, 6.45) is 0. The van der Waals surface area contributed by atoms with Crippen molar-refractivity contribution in [3.05, 3.63) is 32.3 Å². The normalized spacial score (nSPS) is 9.93. The molecule has 6 heteroatoms. The molecule has 0 aromatic heterocycles. The molecule has 0 fully saturated rings. The lowest BCUT2D eigenvalue weighted by Crippen LogP contribution is -1.94. The Labute approximate surface area is 97.7 Å². The van der Waals surface area contributed by atoms with Crippen LogP contribution in [0.5, 0.6) is 5.75 Å². The van der Waals surface area contributed by atoms with E-state index in [9.17, 15) is 10.1 Å². The second kappa shape index (κ2) is 4.75. The third kappa shape index (κ3) is 2.24. The van der Waals surface area contributed by atoms with Crippen molar-refractivity contribution >= 4 is 37.5 Å². The molecule has 0 aliphatic rings. The van der Waals surface area contributed by atoms with Crippen molar-refractivity contribution in [3.63, 3.8) is 0 Å². The van der Waals surface area contributed by atoms with Gasteiger partial charge in [-0.25, -0.2) is 0 Å². The maximum Gasteiger partial charge on any atom is 0.273 e. The van der Waals surface area contributed by atoms with Crippen LogP contribution in [0.15, 0.2) is 16.6 Å². The molecule has 0 N–H and O–H groups in total. The average Bonchev–Trinajstić information content (AvgIpc) is 2.17. The summed E-state index contributed by atoms with van der Waals surface area (Å²) in [5.74, 6) is 0.466. The van der Waals surface area contributed by atoms with Crippen LogP contribution in [0.3, 0.4) is 0 Å². The molecular weight excluding hydrogens is 318 g/mol. The molecule has 4 nitrogen and oxygen atoms in total. The van der Waals surface area contributed by atoms with Gasteiger partial charge in [-0.2, -0.15) is 0 Å². The van der Waals surface area contributed by atoms with Gasteiger partial charge in [0.25, 0.3) is 5.69 Å². The quantitative estimate of drug-likeness (QED) is 0.487. The molecule has 0 amide bonds. The standard InChI is InChI=1S/C8H7Br2NO3/c1-14-7-3-6(11(12)13)2-5(4-9)8(7)10/h2-3H,4H2,1H3. The van der Waals surface area contributed by atoms with Crippen LogP contribution >= 0.6 is 31.9 Å². The molecule has 76 valence electrons. The highest BCUT2D eigenvalue weighted by atomic mass is 79.9. The van der Waals surface area contributed by atoms with Gasteiger partial charge in [0.05, 0.1) is 22.6 Å². The molecule has 1 aromatic rings. The van der Waals surface area contributed by atoms with Crippen molar-refractivity contribution < 1.29 is 9.66 Å². The van der Waals surface area contributed by atoms with Crippen molar-refractivity contribution in [1.82, 2.24) is 0 Å². The summed E-state index contributed by atoms with van der Waals surface area (Å²) in [4.78, 5) is 10.1. The molecule has 0 radical (unpaired) electrons. The third-order valence-corrected chi connectivity index (χ3v) is 3.18. The van der Waals surface area contributed by atoms with E-state index >= 15 is 0 Å². The second-order valence-electron chi connectivity index (χ2n) is 2.51. The van der Waals surface area contributed by atoms with Crippen LogP contribution < -0.4 is 4.74 Å². The van der Waals surface area contributed by atoms with E-state index in [1.165, 1.54) is 19.2 Å². The molecule has 1 aromatic carbocycles. The lowest BCUT2D eigenvalue weighted by atomic mass is 10.2. The Morgan fingerprint density at radius 3 is 2.64 bits per heavy atom. The van der Waals surface area contributed by atoms with E-state index in [1.54, 1.807) is 0 Å². The Balaban J connectivity index is 3.32. The monoisotopic (exact) mass is 323 g/mol. The van der Waals surface area contributed by atoms with Crippen LogP contribution in [0, 0.1) is 10.1 Å². The van der Waals surface area contributed by atoms with Crippen LogP contribution in [0.2, 0.25) is 0 Å². The molecule has 14 heavy (non-hydrogen) atoms. The van der Waals surface area contributed by atoms with Gasteiger partial charge in [-0.05, 0) is 21.5 Å². The number of hydrogen-bond donors (Lipinski definition) is 0. The molecule has 0 atom stereocenters. The van der Waals surface area contributed by atoms with Crippen LogP contribution in [0.1, 0.15) is 5.56 Å². The molecule has 0 saturated heterocycles. The summed E-state index contributed by atoms with van der Waals surface area (Å²) in [5, 5.41) is 11.1. The van der Waals surface area contributed by atoms with Crippen LogP contribution in [0.4, 0.5) is 5.69 Å². The number of nitro benzene ring substituents is 1. The first kappa shape index (κ1) is 11.5. The summed E-state index contributed by atoms with van der Waals surface area (Å²) >= 11 is 6.55. The van der Waals surface area contributed by atoms with E-state index in [4.69, 9.17) is 4.74 Å². The van der Waals surface area contributed by atoms with Gasteiger partial charge in [0, 0.05) is 11.4 Å². The van der Waals surface area contributed by atoms with Gasteiger partial charge in [-0.1, -0.05) is 15.9 Å². The molecule has 0 bridgehead atoms. The molecule has 0 spiro atoms.